The third-order valence-electron chi connectivity index (χ3n) is 0. The third-order valence-corrected chi connectivity index (χ3v) is 0. The van der Waals surface area contributed by atoms with Crippen LogP contribution in [0.1, 0.15) is 20.3 Å². The van der Waals surface area contributed by atoms with Gasteiger partial charge in [-0.1, -0.05) is 13.8 Å². The van der Waals surface area contributed by atoms with Gasteiger partial charge in [0.25, 0.3) is 0 Å². The Morgan fingerprint density at radius 2 is 0.727 bits per heavy atom. The molecule has 0 heterocycles. The van der Waals surface area contributed by atoms with Crippen LogP contribution < -0.4 is 0 Å². The molecule has 0 spiro atoms. The molecule has 5 heteroatoms. The van der Waals surface area contributed by atoms with Crippen LogP contribution in [0.25, 0.3) is 0 Å². The monoisotopic (exact) mass is 532 g/mol. The van der Waals surface area contributed by atoms with Crippen molar-refractivity contribution >= 4 is 0 Å². The molecule has 0 aliphatic rings. The average molecular weight is 532 g/mol. The van der Waals surface area contributed by atoms with Crippen LogP contribution in [0.5, 0.6) is 0 Å². The van der Waals surface area contributed by atoms with E-state index in [9.17, 15) is 0 Å². The molecule has 0 saturated carbocycles. The van der Waals surface area contributed by atoms with Gasteiger partial charge in [-0.3, -0.25) is 0 Å². The Morgan fingerprint density at radius 3 is 0.727 bits per heavy atom. The molecule has 0 saturated heterocycles. The second-order valence-electron chi connectivity index (χ2n) is 0.354. The summed E-state index contributed by atoms with van der Waals surface area (Å²) in [6.45, 7) is 10.8. The Bertz CT molecular complexity index is 10.9. The van der Waals surface area contributed by atoms with Gasteiger partial charge in [0.1, 0.15) is 0 Å². The zero-order valence-corrected chi connectivity index (χ0v) is 22.2. The van der Waals surface area contributed by atoms with Crippen molar-refractivity contribution < 1.29 is 164 Å². The molecule has 0 aromatic carbocycles. The minimum absolute atomic E-state index is 0. The van der Waals surface area contributed by atoms with Gasteiger partial charge in [-0.05, 0) is 0 Å². The summed E-state index contributed by atoms with van der Waals surface area (Å²) in [5.41, 5.74) is 0. The van der Waals surface area contributed by atoms with Crippen molar-refractivity contribution in [3.05, 3.63) is 21.3 Å². The van der Waals surface area contributed by atoms with Crippen LogP contribution in [0.15, 0.2) is 0 Å². The maximum Gasteiger partial charge on any atom is 0 e. The molecular formula is C6H15Y5-3. The molecule has 11 heavy (non-hydrogen) atoms. The van der Waals surface area contributed by atoms with Gasteiger partial charge in [-0.2, -0.15) is 0 Å². The molecule has 0 unspecified atom stereocenters. The van der Waals surface area contributed by atoms with E-state index in [1.807, 2.05) is 13.8 Å². The van der Waals surface area contributed by atoms with Gasteiger partial charge in [0.05, 0.1) is 0 Å². The van der Waals surface area contributed by atoms with Gasteiger partial charge in [0, 0.05) is 164 Å². The van der Waals surface area contributed by atoms with Crippen LogP contribution >= 0.6 is 0 Å². The van der Waals surface area contributed by atoms with E-state index in [2.05, 4.69) is 13.8 Å². The average Bonchev–Trinajstić information content (AvgIpc) is 1.46. The summed E-state index contributed by atoms with van der Waals surface area (Å²) in [4.78, 5) is 0. The van der Waals surface area contributed by atoms with Crippen molar-refractivity contribution in [1.82, 2.24) is 0 Å². The van der Waals surface area contributed by atoms with E-state index in [4.69, 9.17) is 0 Å². The Hall–Kier alpha value is 5.52. The van der Waals surface area contributed by atoms with Crippen LogP contribution in [0.2, 0.25) is 0 Å². The van der Waals surface area contributed by atoms with Crippen LogP contribution in [-0.4, -0.2) is 0 Å². The minimum Gasteiger partial charge on any atom is -0.372 e. The summed E-state index contributed by atoms with van der Waals surface area (Å²) in [5.74, 6) is 0. The van der Waals surface area contributed by atoms with Crippen LogP contribution in [0.4, 0.5) is 0 Å². The SMILES string of the molecule is CC.[CH2-]C[CH2-].[CH3-].[Y].[Y].[Y].[Y].[Y]. The summed E-state index contributed by atoms with van der Waals surface area (Å²) in [7, 11) is 0. The van der Waals surface area contributed by atoms with Gasteiger partial charge in [0.15, 0.2) is 0 Å². The van der Waals surface area contributed by atoms with Crippen molar-refractivity contribution in [3.8, 4) is 0 Å². The molecule has 0 N–H and O–H groups in total. The van der Waals surface area contributed by atoms with E-state index in [1.54, 1.807) is 0 Å². The van der Waals surface area contributed by atoms with Gasteiger partial charge in [-0.25, -0.2) is 0 Å². The molecule has 0 aromatic rings. The number of hydrogen-bond acceptors (Lipinski definition) is 0. The van der Waals surface area contributed by atoms with Crippen molar-refractivity contribution in [2.75, 3.05) is 0 Å². The fraction of sp³-hybridized carbons (Fsp3) is 0.500. The Kier molecular flexibility index (Phi) is 384. The first-order chi connectivity index (χ1) is 2.41. The molecule has 0 amide bonds. The van der Waals surface area contributed by atoms with Crippen LogP contribution in [0, 0.1) is 21.3 Å². The fourth-order valence-electron chi connectivity index (χ4n) is 0. The van der Waals surface area contributed by atoms with Crippen molar-refractivity contribution in [3.63, 3.8) is 0 Å². The molecule has 0 aromatic heterocycles. The normalized spacial score (nSPS) is 2.18. The molecule has 0 rings (SSSR count). The minimum atomic E-state index is 0. The van der Waals surface area contributed by atoms with Gasteiger partial charge < -0.3 is 27.7 Å². The molecule has 0 atom stereocenters. The standard InChI is InChI=1S/C3H6.C2H6.CH3.5Y/c1-3-2;1-2;;;;;;/h1-3H2;1-2H3;1H3;;;;;/q-2;;-1;;;;;. The largest absolute Gasteiger partial charge is 0.372 e. The Morgan fingerprint density at radius 1 is 0.727 bits per heavy atom. The molecule has 0 fully saturated rings. The molecule has 0 nitrogen and oxygen atoms in total. The molecule has 0 bridgehead atoms. The zero-order valence-electron chi connectivity index (χ0n) is 8.01. The number of rotatable bonds is 0. The summed E-state index contributed by atoms with van der Waals surface area (Å²) in [6, 6.07) is 0. The summed E-state index contributed by atoms with van der Waals surface area (Å²) in [6.07, 6.45) is 0.750. The van der Waals surface area contributed by atoms with Crippen molar-refractivity contribution in [1.29, 1.82) is 0 Å². The third kappa shape index (κ3) is 93.1. The van der Waals surface area contributed by atoms with Crippen molar-refractivity contribution in [2.45, 2.75) is 20.3 Å². The second kappa shape index (κ2) is 77.0. The predicted molar refractivity (Wildman–Crippen MR) is 33.1 cm³/mol. The van der Waals surface area contributed by atoms with E-state index >= 15 is 0 Å². The smallest absolute Gasteiger partial charge is 0 e. The van der Waals surface area contributed by atoms with E-state index in [1.165, 1.54) is 0 Å². The first-order valence-electron chi connectivity index (χ1n) is 2.00. The maximum absolute atomic E-state index is 3.38. The van der Waals surface area contributed by atoms with Gasteiger partial charge in [0.2, 0.25) is 0 Å². The van der Waals surface area contributed by atoms with E-state index in [0.29, 0.717) is 0 Å². The summed E-state index contributed by atoms with van der Waals surface area (Å²) < 4.78 is 0. The van der Waals surface area contributed by atoms with Crippen LogP contribution in [-0.2, 0) is 164 Å². The molecule has 0 aliphatic carbocycles. The van der Waals surface area contributed by atoms with Crippen molar-refractivity contribution in [2.24, 2.45) is 0 Å². The molecular weight excluding hydrogens is 517 g/mol. The molecule has 0 aliphatic heterocycles. The molecule has 5 radical (unpaired) electrons. The summed E-state index contributed by atoms with van der Waals surface area (Å²) >= 11 is 0. The predicted octanol–water partition coefficient (Wildman–Crippen LogP) is 2.51. The summed E-state index contributed by atoms with van der Waals surface area (Å²) in [5, 5.41) is 0. The molecule has 57 valence electrons. The van der Waals surface area contributed by atoms with Gasteiger partial charge >= 0.3 is 0 Å². The first kappa shape index (κ1) is 54.8. The van der Waals surface area contributed by atoms with Crippen LogP contribution in [0.3, 0.4) is 0 Å². The van der Waals surface area contributed by atoms with E-state index in [-0.39, 0.29) is 171 Å². The van der Waals surface area contributed by atoms with E-state index < -0.39 is 0 Å². The maximum atomic E-state index is 3.38. The van der Waals surface area contributed by atoms with E-state index in [0.717, 1.165) is 6.42 Å². The Balaban J connectivity index is -0.00000000181. The quantitative estimate of drug-likeness (QED) is 0.422. The first-order valence-corrected chi connectivity index (χ1v) is 2.00. The topological polar surface area (TPSA) is 0 Å². The Labute approximate surface area is 199 Å². The fourth-order valence-corrected chi connectivity index (χ4v) is 0. The second-order valence-corrected chi connectivity index (χ2v) is 0.354. The van der Waals surface area contributed by atoms with Gasteiger partial charge in [-0.15, -0.1) is 0 Å². The zero-order chi connectivity index (χ0) is 4.71. The number of hydrogen-bond donors (Lipinski definition) is 0.